The van der Waals surface area contributed by atoms with Crippen LogP contribution in [0, 0.1) is 0 Å². The van der Waals surface area contributed by atoms with Gasteiger partial charge in [0.2, 0.25) is 0 Å². The van der Waals surface area contributed by atoms with Gasteiger partial charge >= 0.3 is 0 Å². The smallest absolute Gasteiger partial charge is 0.170 e. The summed E-state index contributed by atoms with van der Waals surface area (Å²) < 4.78 is 5.70. The summed E-state index contributed by atoms with van der Waals surface area (Å²) in [6.07, 6.45) is 6.75. The first kappa shape index (κ1) is 13.4. The molecule has 0 fully saturated rings. The molecule has 0 saturated heterocycles. The molecule has 0 aromatic carbocycles. The van der Waals surface area contributed by atoms with E-state index in [9.17, 15) is 0 Å². The highest BCUT2D eigenvalue weighted by Gasteiger charge is 2.07. The summed E-state index contributed by atoms with van der Waals surface area (Å²) in [6.45, 7) is 0. The van der Waals surface area contributed by atoms with Gasteiger partial charge < -0.3 is 10.5 Å². The Labute approximate surface area is 126 Å². The first-order valence-corrected chi connectivity index (χ1v) is 7.05. The Balaban J connectivity index is 1.83. The molecule has 21 heavy (non-hydrogen) atoms. The van der Waals surface area contributed by atoms with Crippen LogP contribution in [0.15, 0.2) is 71.1 Å². The molecule has 0 radical (unpaired) electrons. The van der Waals surface area contributed by atoms with Crippen molar-refractivity contribution in [1.29, 1.82) is 0 Å². The Morgan fingerprint density at radius 2 is 1.95 bits per heavy atom. The van der Waals surface area contributed by atoms with E-state index in [4.69, 9.17) is 10.5 Å². The van der Waals surface area contributed by atoms with Crippen molar-refractivity contribution in [3.05, 3.63) is 61.2 Å². The molecular weight excluding hydrogens is 284 g/mol. The van der Waals surface area contributed by atoms with Crippen molar-refractivity contribution in [2.24, 2.45) is 0 Å². The number of nitrogens with two attached hydrogens (primary N) is 1. The van der Waals surface area contributed by atoms with Gasteiger partial charge in [-0.15, -0.1) is 0 Å². The van der Waals surface area contributed by atoms with E-state index in [1.165, 1.54) is 11.8 Å². The topological polar surface area (TPSA) is 73.9 Å². The molecule has 6 heteroatoms. The highest BCUT2D eigenvalue weighted by Crippen LogP contribution is 2.32. The van der Waals surface area contributed by atoms with Crippen molar-refractivity contribution >= 4 is 17.6 Å². The van der Waals surface area contributed by atoms with E-state index in [1.807, 2.05) is 30.3 Å². The Hall–Kier alpha value is -2.60. The molecule has 0 aliphatic carbocycles. The second-order valence-corrected chi connectivity index (χ2v) is 5.21. The minimum absolute atomic E-state index is 0.337. The first-order valence-electron chi connectivity index (χ1n) is 6.23. The number of anilines is 1. The third-order valence-electron chi connectivity index (χ3n) is 2.58. The van der Waals surface area contributed by atoms with Crippen LogP contribution < -0.4 is 10.5 Å². The van der Waals surface area contributed by atoms with Gasteiger partial charge in [0.05, 0.1) is 6.20 Å². The van der Waals surface area contributed by atoms with Crippen LogP contribution in [0.5, 0.6) is 11.5 Å². The number of nitrogen functional groups attached to an aromatic ring is 1. The predicted molar refractivity (Wildman–Crippen MR) is 81.3 cm³/mol. The van der Waals surface area contributed by atoms with Crippen molar-refractivity contribution in [3.63, 3.8) is 0 Å². The first-order chi connectivity index (χ1) is 10.3. The van der Waals surface area contributed by atoms with Crippen molar-refractivity contribution in [1.82, 2.24) is 15.0 Å². The number of pyridine rings is 3. The summed E-state index contributed by atoms with van der Waals surface area (Å²) in [7, 11) is 0. The third kappa shape index (κ3) is 3.49. The maximum atomic E-state index is 5.85. The highest BCUT2D eigenvalue weighted by molar-refractivity contribution is 7.99. The fourth-order valence-electron chi connectivity index (χ4n) is 1.64. The number of hydrogen-bond donors (Lipinski definition) is 1. The van der Waals surface area contributed by atoms with Gasteiger partial charge in [0.15, 0.2) is 11.6 Å². The average Bonchev–Trinajstić information content (AvgIpc) is 2.53. The molecule has 104 valence electrons. The van der Waals surface area contributed by atoms with Crippen LogP contribution in [0.25, 0.3) is 0 Å². The number of rotatable bonds is 4. The van der Waals surface area contributed by atoms with Gasteiger partial charge in [0.1, 0.15) is 10.8 Å². The molecule has 0 aliphatic rings. The van der Waals surface area contributed by atoms with Crippen LogP contribution in [0.2, 0.25) is 0 Å². The predicted octanol–water partition coefficient (Wildman–Crippen LogP) is 3.40. The molecule has 0 aliphatic heterocycles. The molecule has 3 heterocycles. The minimum atomic E-state index is 0.337. The maximum absolute atomic E-state index is 5.85. The standard InChI is InChI=1S/C15H12N4OS/c16-15-13(20-11-4-3-6-17-9-11)8-12(10-19-15)21-14-5-1-2-7-18-14/h1-10H,(H2,16,19). The van der Waals surface area contributed by atoms with E-state index in [2.05, 4.69) is 15.0 Å². The summed E-state index contributed by atoms with van der Waals surface area (Å²) in [5.74, 6) is 1.46. The fraction of sp³-hybridized carbons (Fsp3) is 0. The molecule has 0 spiro atoms. The van der Waals surface area contributed by atoms with E-state index in [-0.39, 0.29) is 0 Å². The van der Waals surface area contributed by atoms with Gasteiger partial charge in [-0.2, -0.15) is 0 Å². The summed E-state index contributed by atoms with van der Waals surface area (Å²) in [4.78, 5) is 13.3. The second-order valence-electron chi connectivity index (χ2n) is 4.12. The van der Waals surface area contributed by atoms with E-state index < -0.39 is 0 Å². The molecule has 0 amide bonds. The molecular formula is C15H12N4OS. The molecule has 3 aromatic rings. The van der Waals surface area contributed by atoms with Crippen molar-refractivity contribution in [2.45, 2.75) is 9.92 Å². The SMILES string of the molecule is Nc1ncc(Sc2ccccn2)cc1Oc1cccnc1. The van der Waals surface area contributed by atoms with Crippen LogP contribution in [-0.2, 0) is 0 Å². The van der Waals surface area contributed by atoms with Gasteiger partial charge in [0.25, 0.3) is 0 Å². The number of hydrogen-bond acceptors (Lipinski definition) is 6. The summed E-state index contributed by atoms with van der Waals surface area (Å²) in [5, 5.41) is 0.886. The largest absolute Gasteiger partial charge is 0.452 e. The van der Waals surface area contributed by atoms with Gasteiger partial charge in [-0.1, -0.05) is 17.8 Å². The quantitative estimate of drug-likeness (QED) is 0.795. The van der Waals surface area contributed by atoms with Crippen LogP contribution in [-0.4, -0.2) is 15.0 Å². The van der Waals surface area contributed by atoms with E-state index in [0.29, 0.717) is 17.3 Å². The van der Waals surface area contributed by atoms with Crippen LogP contribution >= 0.6 is 11.8 Å². The van der Waals surface area contributed by atoms with Gasteiger partial charge in [0, 0.05) is 29.6 Å². The average molecular weight is 296 g/mol. The summed E-state index contributed by atoms with van der Waals surface area (Å²) in [6, 6.07) is 11.2. The molecule has 5 nitrogen and oxygen atoms in total. The summed E-state index contributed by atoms with van der Waals surface area (Å²) in [5.41, 5.74) is 5.85. The molecule has 0 unspecified atom stereocenters. The Morgan fingerprint density at radius 3 is 2.71 bits per heavy atom. The zero-order valence-corrected chi connectivity index (χ0v) is 11.8. The third-order valence-corrected chi connectivity index (χ3v) is 3.49. The highest BCUT2D eigenvalue weighted by atomic mass is 32.2. The molecule has 0 bridgehead atoms. The van der Waals surface area contributed by atoms with Crippen LogP contribution in [0.3, 0.4) is 0 Å². The molecule has 2 N–H and O–H groups in total. The van der Waals surface area contributed by atoms with Gasteiger partial charge in [-0.05, 0) is 24.3 Å². The van der Waals surface area contributed by atoms with Gasteiger partial charge in [-0.3, -0.25) is 4.98 Å². The Bertz CT molecular complexity index is 722. The normalized spacial score (nSPS) is 10.3. The van der Waals surface area contributed by atoms with Crippen molar-refractivity contribution in [2.75, 3.05) is 5.73 Å². The lowest BCUT2D eigenvalue weighted by molar-refractivity contribution is 0.479. The monoisotopic (exact) mass is 296 g/mol. The van der Waals surface area contributed by atoms with Crippen LogP contribution in [0.1, 0.15) is 0 Å². The van der Waals surface area contributed by atoms with Crippen molar-refractivity contribution < 1.29 is 4.74 Å². The van der Waals surface area contributed by atoms with E-state index in [0.717, 1.165) is 9.92 Å². The lowest BCUT2D eigenvalue weighted by Crippen LogP contribution is -1.96. The molecule has 3 rings (SSSR count). The Morgan fingerprint density at radius 1 is 1.00 bits per heavy atom. The number of nitrogens with zero attached hydrogens (tertiary/aromatic N) is 3. The zero-order chi connectivity index (χ0) is 14.5. The van der Waals surface area contributed by atoms with E-state index >= 15 is 0 Å². The molecule has 0 saturated carbocycles. The minimum Gasteiger partial charge on any atom is -0.452 e. The number of aromatic nitrogens is 3. The molecule has 3 aromatic heterocycles. The Kier molecular flexibility index (Phi) is 3.97. The number of ether oxygens (including phenoxy) is 1. The summed E-state index contributed by atoms with van der Waals surface area (Å²) >= 11 is 1.50. The second kappa shape index (κ2) is 6.23. The van der Waals surface area contributed by atoms with Gasteiger partial charge in [-0.25, -0.2) is 9.97 Å². The van der Waals surface area contributed by atoms with E-state index in [1.54, 1.807) is 30.9 Å². The molecule has 0 atom stereocenters. The lowest BCUT2D eigenvalue weighted by atomic mass is 10.4. The zero-order valence-electron chi connectivity index (χ0n) is 11.0. The lowest BCUT2D eigenvalue weighted by Gasteiger charge is -2.09. The van der Waals surface area contributed by atoms with Crippen molar-refractivity contribution in [3.8, 4) is 11.5 Å². The van der Waals surface area contributed by atoms with Crippen LogP contribution in [0.4, 0.5) is 5.82 Å². The maximum Gasteiger partial charge on any atom is 0.170 e. The fourth-order valence-corrected chi connectivity index (χ4v) is 2.41.